The number of carbonyl (C=O) groups is 1. The number of ether oxygens (including phenoxy) is 3. The van der Waals surface area contributed by atoms with Gasteiger partial charge in [0.15, 0.2) is 16.7 Å². The molecule has 3 aromatic rings. The van der Waals surface area contributed by atoms with E-state index >= 15 is 0 Å². The van der Waals surface area contributed by atoms with E-state index in [0.717, 1.165) is 17.0 Å². The highest BCUT2D eigenvalue weighted by Gasteiger charge is 2.36. The van der Waals surface area contributed by atoms with Gasteiger partial charge >= 0.3 is 0 Å². The minimum absolute atomic E-state index is 0.0947. The molecule has 1 aliphatic carbocycles. The molecule has 6 rings (SSSR count). The maximum atomic E-state index is 12.9. The number of hydrogen-bond donors (Lipinski definition) is 1. The molecule has 7 nitrogen and oxygen atoms in total. The average Bonchev–Trinajstić information content (AvgIpc) is 3.47. The Morgan fingerprint density at radius 3 is 2.47 bits per heavy atom. The van der Waals surface area contributed by atoms with Crippen LogP contribution in [0.5, 0.6) is 17.2 Å². The molecule has 2 heterocycles. The highest BCUT2D eigenvalue weighted by atomic mass is 32.2. The highest BCUT2D eigenvalue weighted by Crippen LogP contribution is 2.38. The number of nitrogens with zero attached hydrogens (tertiary/aromatic N) is 2. The molecule has 0 aromatic heterocycles. The lowest BCUT2D eigenvalue weighted by atomic mass is 9.84. The minimum atomic E-state index is -0.436. The molecule has 0 saturated heterocycles. The molecule has 1 amide bonds. The van der Waals surface area contributed by atoms with Crippen LogP contribution in [0.3, 0.4) is 0 Å². The van der Waals surface area contributed by atoms with Crippen LogP contribution in [0.15, 0.2) is 88.8 Å². The number of thioether (sulfide) groups is 1. The second kappa shape index (κ2) is 13.3. The van der Waals surface area contributed by atoms with Gasteiger partial charge in [-0.2, -0.15) is 4.99 Å². The summed E-state index contributed by atoms with van der Waals surface area (Å²) in [6.07, 6.45) is 8.25. The van der Waals surface area contributed by atoms with E-state index in [1.165, 1.54) is 49.4 Å². The average molecular weight is 594 g/mol. The molecule has 1 saturated carbocycles. The number of nitrogens with one attached hydrogen (secondary N) is 1. The molecule has 0 radical (unpaired) electrons. The Bertz CT molecular complexity index is 1570. The van der Waals surface area contributed by atoms with E-state index in [-0.39, 0.29) is 11.4 Å². The van der Waals surface area contributed by atoms with Gasteiger partial charge in [0, 0.05) is 5.41 Å². The SMILES string of the molecule is CCOc1cc(/C=C2/C(=N)N3C(c4ccccc4)=CSC3=NC2=O)ccc1OCCOc1ccc(C2CCCCC2)cc1. The first-order valence-electron chi connectivity index (χ1n) is 14.9. The second-order valence-electron chi connectivity index (χ2n) is 10.7. The summed E-state index contributed by atoms with van der Waals surface area (Å²) in [5, 5.41) is 11.3. The predicted molar refractivity (Wildman–Crippen MR) is 173 cm³/mol. The number of amidine groups is 2. The highest BCUT2D eigenvalue weighted by molar-refractivity contribution is 8.17. The van der Waals surface area contributed by atoms with Gasteiger partial charge in [-0.25, -0.2) is 0 Å². The molecule has 3 aromatic carbocycles. The van der Waals surface area contributed by atoms with Crippen LogP contribution in [-0.2, 0) is 4.79 Å². The fourth-order valence-electron chi connectivity index (χ4n) is 5.67. The van der Waals surface area contributed by atoms with E-state index in [9.17, 15) is 4.79 Å². The van der Waals surface area contributed by atoms with Gasteiger partial charge in [0.2, 0.25) is 0 Å². The van der Waals surface area contributed by atoms with Crippen molar-refractivity contribution in [1.82, 2.24) is 4.90 Å². The number of amides is 1. The third-order valence-corrected chi connectivity index (χ3v) is 8.65. The zero-order valence-corrected chi connectivity index (χ0v) is 25.1. The first-order chi connectivity index (χ1) is 21.1. The maximum absolute atomic E-state index is 12.9. The summed E-state index contributed by atoms with van der Waals surface area (Å²) in [6, 6.07) is 23.8. The van der Waals surface area contributed by atoms with Crippen LogP contribution in [0.1, 0.15) is 61.6 Å². The molecule has 220 valence electrons. The van der Waals surface area contributed by atoms with Crippen LogP contribution in [0.25, 0.3) is 11.8 Å². The Morgan fingerprint density at radius 2 is 1.70 bits per heavy atom. The first-order valence-corrected chi connectivity index (χ1v) is 15.8. The van der Waals surface area contributed by atoms with Gasteiger partial charge in [0.1, 0.15) is 24.8 Å². The normalized spacial score (nSPS) is 17.9. The topological polar surface area (TPSA) is 84.2 Å². The van der Waals surface area contributed by atoms with E-state index in [0.29, 0.717) is 48.0 Å². The van der Waals surface area contributed by atoms with Gasteiger partial charge in [-0.3, -0.25) is 15.1 Å². The van der Waals surface area contributed by atoms with E-state index in [1.54, 1.807) is 11.0 Å². The van der Waals surface area contributed by atoms with Crippen LogP contribution in [0, 0.1) is 5.41 Å². The van der Waals surface area contributed by atoms with Gasteiger partial charge in [-0.1, -0.05) is 79.6 Å². The quantitative estimate of drug-likeness (QED) is 0.190. The lowest BCUT2D eigenvalue weighted by Gasteiger charge is -2.27. The Morgan fingerprint density at radius 1 is 0.930 bits per heavy atom. The Labute approximate surface area is 256 Å². The molecule has 2 aliphatic heterocycles. The predicted octanol–water partition coefficient (Wildman–Crippen LogP) is 7.90. The first kappa shape index (κ1) is 28.8. The monoisotopic (exact) mass is 593 g/mol. The van der Waals surface area contributed by atoms with E-state index < -0.39 is 5.91 Å². The molecule has 1 fully saturated rings. The number of benzene rings is 3. The van der Waals surface area contributed by atoms with Crippen molar-refractivity contribution in [3.8, 4) is 17.2 Å². The molecule has 0 spiro atoms. The van der Waals surface area contributed by atoms with Crippen molar-refractivity contribution in [2.75, 3.05) is 19.8 Å². The van der Waals surface area contributed by atoms with Crippen molar-refractivity contribution in [3.05, 3.63) is 100 Å². The van der Waals surface area contributed by atoms with Crippen molar-refractivity contribution in [3.63, 3.8) is 0 Å². The summed E-state index contributed by atoms with van der Waals surface area (Å²) >= 11 is 1.35. The zero-order valence-electron chi connectivity index (χ0n) is 24.3. The lowest BCUT2D eigenvalue weighted by Crippen LogP contribution is -2.38. The van der Waals surface area contributed by atoms with Gasteiger partial charge in [-0.15, -0.1) is 0 Å². The summed E-state index contributed by atoms with van der Waals surface area (Å²) in [4.78, 5) is 18.9. The van der Waals surface area contributed by atoms with Crippen LogP contribution >= 0.6 is 11.8 Å². The third-order valence-electron chi connectivity index (χ3n) is 7.83. The van der Waals surface area contributed by atoms with Crippen molar-refractivity contribution in [2.45, 2.75) is 44.9 Å². The second-order valence-corrected chi connectivity index (χ2v) is 11.5. The standard InChI is InChI=1S/C35H35N3O4S/c1-2-40-32-22-24(21-29-33(36)38-30(27-11-7-4-8-12-27)23-43-35(38)37-34(29)39)13-18-31(32)42-20-19-41-28-16-14-26(15-17-28)25-9-5-3-6-10-25/h4,7-8,11-18,21-23,25,36H,2-3,5-6,9-10,19-20H2,1H3/b29-21-,36-33?. The molecular weight excluding hydrogens is 558 g/mol. The van der Waals surface area contributed by atoms with Crippen LogP contribution in [-0.4, -0.2) is 41.6 Å². The largest absolute Gasteiger partial charge is 0.490 e. The number of hydrogen-bond acceptors (Lipinski definition) is 6. The van der Waals surface area contributed by atoms with E-state index in [2.05, 4.69) is 29.3 Å². The molecule has 43 heavy (non-hydrogen) atoms. The molecule has 0 bridgehead atoms. The number of aliphatic imine (C=N–C) groups is 1. The molecule has 0 atom stereocenters. The Hall–Kier alpha value is -4.30. The fraction of sp³-hybridized carbons (Fsp3) is 0.286. The number of carbonyl (C=O) groups excluding carboxylic acids is 1. The van der Waals surface area contributed by atoms with Crippen LogP contribution < -0.4 is 14.2 Å². The summed E-state index contributed by atoms with van der Waals surface area (Å²) in [5.41, 5.74) is 4.12. The zero-order chi connectivity index (χ0) is 29.6. The molecule has 1 N–H and O–H groups in total. The molecule has 3 aliphatic rings. The minimum Gasteiger partial charge on any atom is -0.490 e. The molecule has 0 unspecified atom stereocenters. The number of rotatable bonds is 10. The molecule has 8 heteroatoms. The smallest absolute Gasteiger partial charge is 0.283 e. The van der Waals surface area contributed by atoms with Crippen LogP contribution in [0.4, 0.5) is 0 Å². The maximum Gasteiger partial charge on any atom is 0.283 e. The lowest BCUT2D eigenvalue weighted by molar-refractivity contribution is -0.114. The summed E-state index contributed by atoms with van der Waals surface area (Å²) < 4.78 is 17.8. The van der Waals surface area contributed by atoms with Crippen molar-refractivity contribution in [1.29, 1.82) is 5.41 Å². The van der Waals surface area contributed by atoms with Gasteiger partial charge in [0.25, 0.3) is 5.91 Å². The molecular formula is C35H35N3O4S. The third kappa shape index (κ3) is 6.54. The fourth-order valence-corrected chi connectivity index (χ4v) is 6.56. The van der Waals surface area contributed by atoms with Crippen LogP contribution in [0.2, 0.25) is 0 Å². The Kier molecular flexibility index (Phi) is 8.93. The van der Waals surface area contributed by atoms with Gasteiger partial charge in [-0.05, 0) is 72.7 Å². The van der Waals surface area contributed by atoms with Crippen molar-refractivity contribution < 1.29 is 19.0 Å². The van der Waals surface area contributed by atoms with Gasteiger partial charge in [0.05, 0.1) is 17.9 Å². The van der Waals surface area contributed by atoms with Crippen molar-refractivity contribution in [2.24, 2.45) is 4.99 Å². The van der Waals surface area contributed by atoms with E-state index in [4.69, 9.17) is 19.6 Å². The van der Waals surface area contributed by atoms with Crippen molar-refractivity contribution >= 4 is 40.4 Å². The summed E-state index contributed by atoms with van der Waals surface area (Å²) in [7, 11) is 0. The summed E-state index contributed by atoms with van der Waals surface area (Å²) in [6.45, 7) is 3.12. The Balaban J connectivity index is 1.10. The summed E-state index contributed by atoms with van der Waals surface area (Å²) in [5.74, 6) is 2.33. The van der Waals surface area contributed by atoms with E-state index in [1.807, 2.05) is 60.9 Å². The number of fused-ring (bicyclic) bond motifs is 1. The van der Waals surface area contributed by atoms with Gasteiger partial charge < -0.3 is 14.2 Å².